The minimum Gasteiger partial charge on any atom is -0.247 e. The van der Waals surface area contributed by atoms with E-state index in [1.54, 1.807) is 36.4 Å². The maximum atomic E-state index is 12.8. The van der Waals surface area contributed by atoms with E-state index >= 15 is 0 Å². The molecule has 0 spiro atoms. The maximum absolute atomic E-state index is 12.8. The fraction of sp³-hybridized carbons (Fsp3) is 0.0556. The van der Waals surface area contributed by atoms with Gasteiger partial charge in [0, 0.05) is 10.0 Å². The Morgan fingerprint density at radius 3 is 2.58 bits per heavy atom. The molecule has 130 valence electrons. The first kappa shape index (κ1) is 17.9. The Balaban J connectivity index is 1.94. The zero-order valence-corrected chi connectivity index (χ0v) is 14.6. The molecule has 1 aromatic heterocycles. The summed E-state index contributed by atoms with van der Waals surface area (Å²) in [5, 5.41) is 19.1. The summed E-state index contributed by atoms with van der Waals surface area (Å²) in [7, 11) is 0. The third kappa shape index (κ3) is 4.00. The van der Waals surface area contributed by atoms with Crippen LogP contribution in [0.4, 0.5) is 13.2 Å². The highest BCUT2D eigenvalue weighted by molar-refractivity contribution is 9.10. The van der Waals surface area contributed by atoms with Gasteiger partial charge in [-0.05, 0) is 41.5 Å². The Bertz CT molecular complexity index is 1020. The minimum absolute atomic E-state index is 0.232. The van der Waals surface area contributed by atoms with Gasteiger partial charge in [0.25, 0.3) is 0 Å². The van der Waals surface area contributed by atoms with Gasteiger partial charge in [-0.3, -0.25) is 0 Å². The lowest BCUT2D eigenvalue weighted by Gasteiger charge is -2.06. The average Bonchev–Trinajstić information content (AvgIpc) is 3.08. The number of nitrogens with one attached hydrogen (secondary N) is 1. The number of rotatable bonds is 3. The molecule has 0 aliphatic rings. The van der Waals surface area contributed by atoms with Crippen LogP contribution >= 0.6 is 15.9 Å². The van der Waals surface area contributed by atoms with Crippen LogP contribution in [-0.4, -0.2) is 15.4 Å². The van der Waals surface area contributed by atoms with E-state index in [0.29, 0.717) is 16.8 Å². The minimum atomic E-state index is -4.38. The fourth-order valence-corrected chi connectivity index (χ4v) is 2.88. The molecule has 0 unspecified atom stereocenters. The van der Waals surface area contributed by atoms with Crippen molar-refractivity contribution in [2.45, 2.75) is 6.18 Å². The molecule has 26 heavy (non-hydrogen) atoms. The average molecular weight is 419 g/mol. The van der Waals surface area contributed by atoms with Crippen molar-refractivity contribution < 1.29 is 13.2 Å². The van der Waals surface area contributed by atoms with Crippen LogP contribution in [0.25, 0.3) is 23.4 Å². The molecular formula is C18H10BrF3N4. The van der Waals surface area contributed by atoms with E-state index in [0.717, 1.165) is 22.2 Å². The third-order valence-corrected chi connectivity index (χ3v) is 3.99. The molecule has 8 heteroatoms. The Kier molecular flexibility index (Phi) is 4.91. The summed E-state index contributed by atoms with van der Waals surface area (Å²) in [4.78, 5) is 0. The zero-order chi connectivity index (χ0) is 18.7. The molecule has 2 aromatic carbocycles. The smallest absolute Gasteiger partial charge is 0.247 e. The van der Waals surface area contributed by atoms with Gasteiger partial charge in [-0.2, -0.15) is 18.4 Å². The summed E-state index contributed by atoms with van der Waals surface area (Å²) in [6.45, 7) is 0. The highest BCUT2D eigenvalue weighted by atomic mass is 79.9. The highest BCUT2D eigenvalue weighted by Gasteiger charge is 2.30. The molecule has 3 rings (SSSR count). The maximum Gasteiger partial charge on any atom is 0.416 e. The molecule has 0 saturated heterocycles. The lowest BCUT2D eigenvalue weighted by Crippen LogP contribution is -2.04. The van der Waals surface area contributed by atoms with E-state index < -0.39 is 11.7 Å². The quantitative estimate of drug-likeness (QED) is 0.587. The number of hydrogen-bond acceptors (Lipinski definition) is 3. The molecule has 0 fully saturated rings. The molecule has 0 saturated carbocycles. The van der Waals surface area contributed by atoms with Crippen molar-refractivity contribution in [3.05, 3.63) is 69.3 Å². The number of halogens is 4. The Morgan fingerprint density at radius 1 is 1.08 bits per heavy atom. The molecule has 4 nitrogen and oxygen atoms in total. The summed E-state index contributed by atoms with van der Waals surface area (Å²) in [5.41, 5.74) is 1.77. The number of alkyl halides is 3. The molecular weight excluding hydrogens is 409 g/mol. The standard InChI is InChI=1S/C18H10BrF3N4/c19-15-8-12(6-13(9-15)17-16(10-23)24-26-25-17)5-4-11-2-1-3-14(7-11)18(20,21)22/h1-9H,(H,24,25,26)/b5-4+. The van der Waals surface area contributed by atoms with E-state index in [9.17, 15) is 13.2 Å². The highest BCUT2D eigenvalue weighted by Crippen LogP contribution is 2.30. The first-order valence-corrected chi connectivity index (χ1v) is 8.13. The molecule has 1 N–H and O–H groups in total. The Morgan fingerprint density at radius 2 is 1.85 bits per heavy atom. The summed E-state index contributed by atoms with van der Waals surface area (Å²) >= 11 is 3.39. The van der Waals surface area contributed by atoms with Gasteiger partial charge in [0.2, 0.25) is 0 Å². The lowest BCUT2D eigenvalue weighted by atomic mass is 10.0. The van der Waals surface area contributed by atoms with E-state index in [-0.39, 0.29) is 5.69 Å². The van der Waals surface area contributed by atoms with Crippen LogP contribution < -0.4 is 0 Å². The number of nitrogens with zero attached hydrogens (tertiary/aromatic N) is 3. The van der Waals surface area contributed by atoms with Crippen LogP contribution in [0.5, 0.6) is 0 Å². The van der Waals surface area contributed by atoms with Crippen LogP contribution in [0.15, 0.2) is 46.9 Å². The molecule has 0 amide bonds. The summed E-state index contributed by atoms with van der Waals surface area (Å²) in [6.07, 6.45) is -1.10. The predicted octanol–water partition coefficient (Wildman–Crippen LogP) is 5.30. The van der Waals surface area contributed by atoms with Crippen molar-refractivity contribution >= 4 is 28.1 Å². The lowest BCUT2D eigenvalue weighted by molar-refractivity contribution is -0.137. The first-order valence-electron chi connectivity index (χ1n) is 7.34. The molecule has 0 aliphatic heterocycles. The summed E-state index contributed by atoms with van der Waals surface area (Å²) < 4.78 is 39.1. The second kappa shape index (κ2) is 7.14. The van der Waals surface area contributed by atoms with Gasteiger partial charge in [0.05, 0.1) is 5.56 Å². The van der Waals surface area contributed by atoms with Gasteiger partial charge >= 0.3 is 6.18 Å². The first-order chi connectivity index (χ1) is 12.4. The summed E-state index contributed by atoms with van der Waals surface area (Å²) in [5.74, 6) is 0. The number of aromatic amines is 1. The molecule has 3 aromatic rings. The van der Waals surface area contributed by atoms with Gasteiger partial charge in [-0.25, -0.2) is 5.10 Å². The number of H-pyrrole nitrogens is 1. The van der Waals surface area contributed by atoms with Crippen molar-refractivity contribution in [3.63, 3.8) is 0 Å². The van der Waals surface area contributed by atoms with Crippen molar-refractivity contribution in [1.82, 2.24) is 15.4 Å². The number of nitriles is 1. The van der Waals surface area contributed by atoms with Gasteiger partial charge in [0.15, 0.2) is 5.69 Å². The van der Waals surface area contributed by atoms with Crippen LogP contribution in [0.3, 0.4) is 0 Å². The van der Waals surface area contributed by atoms with Gasteiger partial charge in [-0.1, -0.05) is 45.4 Å². The SMILES string of the molecule is N#Cc1[nH]nnc1-c1cc(Br)cc(/C=C/c2cccc(C(F)(F)F)c2)c1. The van der Waals surface area contributed by atoms with Crippen LogP contribution in [0.2, 0.25) is 0 Å². The van der Waals surface area contributed by atoms with Crippen molar-refractivity contribution in [2.75, 3.05) is 0 Å². The van der Waals surface area contributed by atoms with Gasteiger partial charge in [0.1, 0.15) is 11.8 Å². The van der Waals surface area contributed by atoms with Gasteiger partial charge < -0.3 is 0 Å². The molecule has 0 atom stereocenters. The van der Waals surface area contributed by atoms with E-state index in [1.807, 2.05) is 6.07 Å². The van der Waals surface area contributed by atoms with Crippen LogP contribution in [-0.2, 0) is 6.18 Å². The zero-order valence-electron chi connectivity index (χ0n) is 13.0. The molecule has 0 radical (unpaired) electrons. The Hall–Kier alpha value is -2.92. The number of hydrogen-bond donors (Lipinski definition) is 1. The van der Waals surface area contributed by atoms with Crippen molar-refractivity contribution in [3.8, 4) is 17.3 Å². The van der Waals surface area contributed by atoms with E-state index in [2.05, 4.69) is 31.3 Å². The second-order valence-electron chi connectivity index (χ2n) is 5.38. The number of aromatic nitrogens is 3. The van der Waals surface area contributed by atoms with Gasteiger partial charge in [-0.15, -0.1) is 5.10 Å². The van der Waals surface area contributed by atoms with E-state index in [4.69, 9.17) is 5.26 Å². The monoisotopic (exact) mass is 418 g/mol. The second-order valence-corrected chi connectivity index (χ2v) is 6.29. The molecule has 0 bridgehead atoms. The van der Waals surface area contributed by atoms with E-state index in [1.165, 1.54) is 6.07 Å². The van der Waals surface area contributed by atoms with Crippen LogP contribution in [0.1, 0.15) is 22.4 Å². The fourth-order valence-electron chi connectivity index (χ4n) is 2.36. The normalized spacial score (nSPS) is 11.7. The topological polar surface area (TPSA) is 65.4 Å². The number of benzene rings is 2. The molecule has 0 aliphatic carbocycles. The van der Waals surface area contributed by atoms with Crippen molar-refractivity contribution in [2.24, 2.45) is 0 Å². The van der Waals surface area contributed by atoms with Crippen molar-refractivity contribution in [1.29, 1.82) is 5.26 Å². The molecule has 1 heterocycles. The summed E-state index contributed by atoms with van der Waals surface area (Å²) in [6, 6.07) is 12.4. The van der Waals surface area contributed by atoms with Crippen LogP contribution in [0, 0.1) is 11.3 Å². The largest absolute Gasteiger partial charge is 0.416 e. The third-order valence-electron chi connectivity index (χ3n) is 3.54. The predicted molar refractivity (Wildman–Crippen MR) is 94.6 cm³/mol. The Labute approximate surface area is 155 Å².